The van der Waals surface area contributed by atoms with E-state index in [1.54, 1.807) is 0 Å². The van der Waals surface area contributed by atoms with Crippen LogP contribution in [0.1, 0.15) is 356 Å². The summed E-state index contributed by atoms with van der Waals surface area (Å²) in [6, 6.07) is 0. The maximum absolute atomic E-state index is 12.9. The summed E-state index contributed by atoms with van der Waals surface area (Å²) in [4.78, 5) is 38.3. The minimum Gasteiger partial charge on any atom is -0.462 e. The summed E-state index contributed by atoms with van der Waals surface area (Å²) in [5.41, 5.74) is 0. The highest BCUT2D eigenvalue weighted by Gasteiger charge is 2.19. The molecule has 0 heterocycles. The Bertz CT molecular complexity index is 1060. The van der Waals surface area contributed by atoms with E-state index in [-0.39, 0.29) is 31.1 Å². The molecule has 69 heavy (non-hydrogen) atoms. The molecule has 0 spiro atoms. The van der Waals surface area contributed by atoms with E-state index >= 15 is 0 Å². The van der Waals surface area contributed by atoms with Gasteiger partial charge in [0.25, 0.3) is 0 Å². The van der Waals surface area contributed by atoms with Crippen molar-refractivity contribution in [3.63, 3.8) is 0 Å². The lowest BCUT2D eigenvalue weighted by Crippen LogP contribution is -2.30. The first-order valence-corrected chi connectivity index (χ1v) is 31.3. The van der Waals surface area contributed by atoms with Crippen LogP contribution in [-0.4, -0.2) is 37.2 Å². The molecule has 0 aromatic carbocycles. The van der Waals surface area contributed by atoms with Crippen LogP contribution in [0.5, 0.6) is 0 Å². The van der Waals surface area contributed by atoms with Gasteiger partial charge in [0.1, 0.15) is 13.2 Å². The summed E-state index contributed by atoms with van der Waals surface area (Å²) in [6.07, 6.45) is 60.9. The molecule has 0 rings (SSSR count). The van der Waals surface area contributed by atoms with Gasteiger partial charge in [-0.1, -0.05) is 317 Å². The highest BCUT2D eigenvalue weighted by atomic mass is 16.6. The summed E-state index contributed by atoms with van der Waals surface area (Å²) in [6.45, 7) is 11.5. The van der Waals surface area contributed by atoms with E-state index in [1.165, 1.54) is 244 Å². The molecular formula is C63H122O6. The zero-order valence-electron chi connectivity index (χ0n) is 47.5. The molecule has 0 radical (unpaired) electrons. The Labute approximate surface area is 431 Å². The van der Waals surface area contributed by atoms with E-state index < -0.39 is 6.10 Å². The molecule has 0 bridgehead atoms. The third-order valence-corrected chi connectivity index (χ3v) is 14.8. The quantitative estimate of drug-likeness (QED) is 0.0343. The standard InChI is InChI=1S/C63H122O6/c1-6-8-9-10-11-12-13-14-15-16-17-18-19-23-28-33-38-43-48-53-61(64)67-56-60(57-68-62(65)54-49-44-39-34-30-25-26-31-36-41-46-51-58(3)4)69-63(66)55-50-45-40-35-29-24-21-20-22-27-32-37-42-47-52-59(5)7-2/h58-60H,6-57H2,1-5H3/t59?,60-/m1/s1. The Balaban J connectivity index is 4.28. The van der Waals surface area contributed by atoms with Gasteiger partial charge in [-0.3, -0.25) is 14.4 Å². The fraction of sp³-hybridized carbons (Fsp3) is 0.952. The molecule has 6 nitrogen and oxygen atoms in total. The molecule has 0 aromatic heterocycles. The number of carbonyl (C=O) groups excluding carboxylic acids is 3. The number of hydrogen-bond acceptors (Lipinski definition) is 6. The van der Waals surface area contributed by atoms with Gasteiger partial charge in [-0.05, 0) is 31.1 Å². The van der Waals surface area contributed by atoms with Gasteiger partial charge in [0.15, 0.2) is 6.10 Å². The maximum Gasteiger partial charge on any atom is 0.306 e. The second-order valence-corrected chi connectivity index (χ2v) is 22.4. The molecule has 0 saturated carbocycles. The predicted molar refractivity (Wildman–Crippen MR) is 298 cm³/mol. The normalized spacial score (nSPS) is 12.4. The SMILES string of the molecule is CCCCCCCCCCCCCCCCCCCCCC(=O)OC[C@H](COC(=O)CCCCCCCCCCCCCC(C)C)OC(=O)CCCCCCCCCCCCCCCCC(C)CC. The number of carbonyl (C=O) groups is 3. The van der Waals surface area contributed by atoms with E-state index in [2.05, 4.69) is 34.6 Å². The van der Waals surface area contributed by atoms with Crippen LogP contribution >= 0.6 is 0 Å². The van der Waals surface area contributed by atoms with E-state index in [0.717, 1.165) is 69.6 Å². The zero-order valence-corrected chi connectivity index (χ0v) is 47.5. The predicted octanol–water partition coefficient (Wildman–Crippen LogP) is 20.8. The Morgan fingerprint density at radius 2 is 0.551 bits per heavy atom. The summed E-state index contributed by atoms with van der Waals surface area (Å²) >= 11 is 0. The van der Waals surface area contributed by atoms with Crippen LogP contribution in [0.25, 0.3) is 0 Å². The molecule has 0 aliphatic carbocycles. The summed E-state index contributed by atoms with van der Waals surface area (Å²) < 4.78 is 16.9. The first-order valence-electron chi connectivity index (χ1n) is 31.3. The van der Waals surface area contributed by atoms with Gasteiger partial charge in [-0.2, -0.15) is 0 Å². The fourth-order valence-electron chi connectivity index (χ4n) is 9.73. The minimum atomic E-state index is -0.764. The van der Waals surface area contributed by atoms with Crippen molar-refractivity contribution in [2.75, 3.05) is 13.2 Å². The van der Waals surface area contributed by atoms with Crippen LogP contribution in [0.2, 0.25) is 0 Å². The third kappa shape index (κ3) is 55.6. The molecule has 0 aliphatic rings. The molecule has 1 unspecified atom stereocenters. The smallest absolute Gasteiger partial charge is 0.306 e. The molecule has 6 heteroatoms. The summed E-state index contributed by atoms with van der Waals surface area (Å²) in [7, 11) is 0. The molecule has 410 valence electrons. The number of hydrogen-bond donors (Lipinski definition) is 0. The van der Waals surface area contributed by atoms with Gasteiger partial charge in [-0.15, -0.1) is 0 Å². The lowest BCUT2D eigenvalue weighted by atomic mass is 9.99. The molecule has 0 aliphatic heterocycles. The van der Waals surface area contributed by atoms with Crippen molar-refractivity contribution in [1.82, 2.24) is 0 Å². The average Bonchev–Trinajstić information content (AvgIpc) is 3.34. The highest BCUT2D eigenvalue weighted by Crippen LogP contribution is 2.19. The molecule has 0 aromatic rings. The second-order valence-electron chi connectivity index (χ2n) is 22.4. The lowest BCUT2D eigenvalue weighted by molar-refractivity contribution is -0.167. The number of rotatable bonds is 57. The van der Waals surface area contributed by atoms with Crippen LogP contribution in [0.15, 0.2) is 0 Å². The Hall–Kier alpha value is -1.59. The monoisotopic (exact) mass is 975 g/mol. The molecule has 0 fully saturated rings. The Morgan fingerprint density at radius 1 is 0.304 bits per heavy atom. The number of esters is 3. The van der Waals surface area contributed by atoms with E-state index in [0.29, 0.717) is 19.3 Å². The van der Waals surface area contributed by atoms with E-state index in [9.17, 15) is 14.4 Å². The summed E-state index contributed by atoms with van der Waals surface area (Å²) in [5.74, 6) is 0.887. The van der Waals surface area contributed by atoms with Gasteiger partial charge in [0.05, 0.1) is 0 Å². The van der Waals surface area contributed by atoms with Crippen molar-refractivity contribution in [3.05, 3.63) is 0 Å². The largest absolute Gasteiger partial charge is 0.462 e. The van der Waals surface area contributed by atoms with Crippen molar-refractivity contribution in [2.24, 2.45) is 11.8 Å². The molecule has 0 amide bonds. The van der Waals surface area contributed by atoms with E-state index in [1.807, 2.05) is 0 Å². The second kappa shape index (κ2) is 55.7. The molecular weight excluding hydrogens is 853 g/mol. The van der Waals surface area contributed by atoms with Crippen molar-refractivity contribution >= 4 is 17.9 Å². The maximum atomic E-state index is 12.9. The van der Waals surface area contributed by atoms with Crippen LogP contribution < -0.4 is 0 Å². The van der Waals surface area contributed by atoms with Gasteiger partial charge < -0.3 is 14.2 Å². The fourth-order valence-corrected chi connectivity index (χ4v) is 9.73. The van der Waals surface area contributed by atoms with Crippen LogP contribution in [0.3, 0.4) is 0 Å². The highest BCUT2D eigenvalue weighted by molar-refractivity contribution is 5.71. The van der Waals surface area contributed by atoms with Crippen molar-refractivity contribution in [3.8, 4) is 0 Å². The first-order chi connectivity index (χ1) is 33.8. The molecule has 0 N–H and O–H groups in total. The first kappa shape index (κ1) is 67.4. The Kier molecular flexibility index (Phi) is 54.4. The van der Waals surface area contributed by atoms with Crippen molar-refractivity contribution in [1.29, 1.82) is 0 Å². The van der Waals surface area contributed by atoms with Crippen molar-refractivity contribution < 1.29 is 28.6 Å². The molecule has 2 atom stereocenters. The third-order valence-electron chi connectivity index (χ3n) is 14.8. The van der Waals surface area contributed by atoms with Gasteiger partial charge in [0.2, 0.25) is 0 Å². The summed E-state index contributed by atoms with van der Waals surface area (Å²) in [5, 5.41) is 0. The van der Waals surface area contributed by atoms with Crippen LogP contribution in [-0.2, 0) is 28.6 Å². The minimum absolute atomic E-state index is 0.0622. The number of ether oxygens (including phenoxy) is 3. The van der Waals surface area contributed by atoms with Crippen molar-refractivity contribution in [2.45, 2.75) is 362 Å². The van der Waals surface area contributed by atoms with Crippen LogP contribution in [0, 0.1) is 11.8 Å². The topological polar surface area (TPSA) is 78.9 Å². The van der Waals surface area contributed by atoms with Crippen LogP contribution in [0.4, 0.5) is 0 Å². The molecule has 0 saturated heterocycles. The van der Waals surface area contributed by atoms with Gasteiger partial charge >= 0.3 is 17.9 Å². The zero-order chi connectivity index (χ0) is 50.4. The van der Waals surface area contributed by atoms with Gasteiger partial charge in [-0.25, -0.2) is 0 Å². The average molecular weight is 976 g/mol. The number of unbranched alkanes of at least 4 members (excludes halogenated alkanes) is 41. The van der Waals surface area contributed by atoms with E-state index in [4.69, 9.17) is 14.2 Å². The lowest BCUT2D eigenvalue weighted by Gasteiger charge is -2.18. The Morgan fingerprint density at radius 3 is 0.826 bits per heavy atom. The van der Waals surface area contributed by atoms with Gasteiger partial charge in [0, 0.05) is 19.3 Å².